The maximum atomic E-state index is 6.03. The Labute approximate surface area is 87.4 Å². The van der Waals surface area contributed by atoms with Crippen molar-refractivity contribution in [2.24, 2.45) is 5.73 Å². The molecule has 84 valence electrons. The highest BCUT2D eigenvalue weighted by atomic mass is 16.5. The number of rotatable bonds is 6. The third-order valence-electron chi connectivity index (χ3n) is 2.90. The average Bonchev–Trinajstić information content (AvgIpc) is 2.20. The summed E-state index contributed by atoms with van der Waals surface area (Å²) >= 11 is 0. The summed E-state index contributed by atoms with van der Waals surface area (Å²) in [6.45, 7) is 4.76. The third kappa shape index (κ3) is 4.40. The molecule has 0 saturated heterocycles. The highest BCUT2D eigenvalue weighted by Gasteiger charge is 2.20. The Balaban J connectivity index is 1.99. The number of hydrogen-bond donors (Lipinski definition) is 2. The van der Waals surface area contributed by atoms with Gasteiger partial charge in [-0.3, -0.25) is 0 Å². The lowest BCUT2D eigenvalue weighted by molar-refractivity contribution is 0.143. The average molecular weight is 200 g/mol. The largest absolute Gasteiger partial charge is 0.382 e. The van der Waals surface area contributed by atoms with Crippen LogP contribution in [-0.4, -0.2) is 31.8 Å². The maximum absolute atomic E-state index is 6.03. The lowest BCUT2D eigenvalue weighted by atomic mass is 9.91. The lowest BCUT2D eigenvalue weighted by Gasteiger charge is -2.29. The first-order valence-corrected chi connectivity index (χ1v) is 5.91. The van der Waals surface area contributed by atoms with Gasteiger partial charge in [-0.2, -0.15) is 0 Å². The molecule has 0 bridgehead atoms. The van der Waals surface area contributed by atoms with Crippen LogP contribution in [0.1, 0.15) is 39.0 Å². The van der Waals surface area contributed by atoms with Gasteiger partial charge in [0.05, 0.1) is 0 Å². The van der Waals surface area contributed by atoms with Gasteiger partial charge in [0.15, 0.2) is 0 Å². The Morgan fingerprint density at radius 2 is 2.14 bits per heavy atom. The summed E-state index contributed by atoms with van der Waals surface area (Å²) in [5.74, 6) is 0. The summed E-state index contributed by atoms with van der Waals surface area (Å²) in [6.07, 6.45) is 6.16. The Morgan fingerprint density at radius 1 is 1.36 bits per heavy atom. The number of hydrogen-bond acceptors (Lipinski definition) is 3. The molecule has 1 saturated carbocycles. The highest BCUT2D eigenvalue weighted by molar-refractivity contribution is 4.83. The van der Waals surface area contributed by atoms with E-state index in [1.165, 1.54) is 25.7 Å². The molecule has 0 aliphatic heterocycles. The molecule has 1 aliphatic carbocycles. The lowest BCUT2D eigenvalue weighted by Crippen LogP contribution is -2.47. The highest BCUT2D eigenvalue weighted by Crippen LogP contribution is 2.16. The summed E-state index contributed by atoms with van der Waals surface area (Å²) in [7, 11) is 0. The van der Waals surface area contributed by atoms with E-state index in [0.717, 1.165) is 26.2 Å². The zero-order valence-corrected chi connectivity index (χ0v) is 9.30. The molecule has 14 heavy (non-hydrogen) atoms. The van der Waals surface area contributed by atoms with Crippen molar-refractivity contribution in [2.75, 3.05) is 19.8 Å². The number of nitrogens with two attached hydrogens (primary N) is 1. The molecular weight excluding hydrogens is 176 g/mol. The van der Waals surface area contributed by atoms with Crippen molar-refractivity contribution < 1.29 is 4.74 Å². The van der Waals surface area contributed by atoms with Crippen molar-refractivity contribution in [1.82, 2.24) is 5.32 Å². The molecule has 2 atom stereocenters. The first-order valence-electron chi connectivity index (χ1n) is 5.91. The van der Waals surface area contributed by atoms with Gasteiger partial charge >= 0.3 is 0 Å². The summed E-state index contributed by atoms with van der Waals surface area (Å²) in [4.78, 5) is 0. The predicted octanol–water partition coefficient (Wildman–Crippen LogP) is 1.27. The Bertz CT molecular complexity index is 141. The Kier molecular flexibility index (Phi) is 6.15. The van der Waals surface area contributed by atoms with E-state index >= 15 is 0 Å². The fourth-order valence-electron chi connectivity index (χ4n) is 2.02. The van der Waals surface area contributed by atoms with Gasteiger partial charge in [-0.1, -0.05) is 12.8 Å². The second-order valence-corrected chi connectivity index (χ2v) is 4.06. The molecule has 0 aromatic rings. The van der Waals surface area contributed by atoms with Crippen LogP contribution in [0.4, 0.5) is 0 Å². The van der Waals surface area contributed by atoms with Crippen molar-refractivity contribution in [1.29, 1.82) is 0 Å². The van der Waals surface area contributed by atoms with E-state index in [2.05, 4.69) is 5.32 Å². The van der Waals surface area contributed by atoms with Crippen molar-refractivity contribution in [2.45, 2.75) is 51.1 Å². The molecule has 0 amide bonds. The first-order chi connectivity index (χ1) is 6.84. The van der Waals surface area contributed by atoms with Crippen molar-refractivity contribution in [3.8, 4) is 0 Å². The van der Waals surface area contributed by atoms with Gasteiger partial charge in [0.2, 0.25) is 0 Å². The molecule has 0 spiro atoms. The van der Waals surface area contributed by atoms with Crippen LogP contribution in [0.3, 0.4) is 0 Å². The standard InChI is InChI=1S/C11H24N2O/c1-2-14-9-5-8-13-11-7-4-3-6-10(11)12/h10-11,13H,2-9,12H2,1H3/t10-,11+/m0/s1. The van der Waals surface area contributed by atoms with Crippen LogP contribution in [0, 0.1) is 0 Å². The van der Waals surface area contributed by atoms with Crippen LogP contribution < -0.4 is 11.1 Å². The summed E-state index contributed by atoms with van der Waals surface area (Å²) in [5, 5.41) is 3.53. The van der Waals surface area contributed by atoms with Crippen LogP contribution in [0.15, 0.2) is 0 Å². The minimum absolute atomic E-state index is 0.371. The first kappa shape index (κ1) is 12.0. The monoisotopic (exact) mass is 200 g/mol. The van der Waals surface area contributed by atoms with Crippen LogP contribution in [0.5, 0.6) is 0 Å². The van der Waals surface area contributed by atoms with Crippen LogP contribution in [0.2, 0.25) is 0 Å². The molecule has 1 fully saturated rings. The van der Waals surface area contributed by atoms with E-state index in [1.807, 2.05) is 6.92 Å². The minimum atomic E-state index is 0.371. The zero-order chi connectivity index (χ0) is 10.2. The molecule has 0 radical (unpaired) electrons. The predicted molar refractivity (Wildman–Crippen MR) is 59.3 cm³/mol. The fourth-order valence-corrected chi connectivity index (χ4v) is 2.02. The van der Waals surface area contributed by atoms with Crippen molar-refractivity contribution in [3.05, 3.63) is 0 Å². The SMILES string of the molecule is CCOCCCN[C@@H]1CCCC[C@@H]1N. The van der Waals surface area contributed by atoms with Crippen LogP contribution >= 0.6 is 0 Å². The maximum Gasteiger partial charge on any atom is 0.0477 e. The third-order valence-corrected chi connectivity index (χ3v) is 2.90. The molecule has 3 heteroatoms. The second kappa shape index (κ2) is 7.21. The molecule has 0 unspecified atom stereocenters. The van der Waals surface area contributed by atoms with Gasteiger partial charge < -0.3 is 15.8 Å². The smallest absolute Gasteiger partial charge is 0.0477 e. The number of ether oxygens (including phenoxy) is 1. The van der Waals surface area contributed by atoms with E-state index < -0.39 is 0 Å². The Hall–Kier alpha value is -0.120. The minimum Gasteiger partial charge on any atom is -0.382 e. The van der Waals surface area contributed by atoms with Gasteiger partial charge in [0, 0.05) is 25.3 Å². The van der Waals surface area contributed by atoms with Gasteiger partial charge in [-0.05, 0) is 32.7 Å². The van der Waals surface area contributed by atoms with E-state index in [9.17, 15) is 0 Å². The van der Waals surface area contributed by atoms with E-state index in [-0.39, 0.29) is 0 Å². The van der Waals surface area contributed by atoms with Crippen LogP contribution in [0.25, 0.3) is 0 Å². The Morgan fingerprint density at radius 3 is 2.86 bits per heavy atom. The van der Waals surface area contributed by atoms with Crippen molar-refractivity contribution >= 4 is 0 Å². The molecule has 3 N–H and O–H groups in total. The molecule has 3 nitrogen and oxygen atoms in total. The quantitative estimate of drug-likeness (QED) is 0.635. The van der Waals surface area contributed by atoms with Gasteiger partial charge in [-0.15, -0.1) is 0 Å². The zero-order valence-electron chi connectivity index (χ0n) is 9.30. The van der Waals surface area contributed by atoms with E-state index in [1.54, 1.807) is 0 Å². The molecule has 1 rings (SSSR count). The fraction of sp³-hybridized carbons (Fsp3) is 1.00. The van der Waals surface area contributed by atoms with Crippen molar-refractivity contribution in [3.63, 3.8) is 0 Å². The summed E-state index contributed by atoms with van der Waals surface area (Å²) in [6, 6.07) is 0.918. The molecule has 1 aliphatic rings. The van der Waals surface area contributed by atoms with E-state index in [0.29, 0.717) is 12.1 Å². The molecule has 0 aromatic heterocycles. The summed E-state index contributed by atoms with van der Waals surface area (Å²) < 4.78 is 5.28. The molecule has 0 heterocycles. The number of nitrogens with one attached hydrogen (secondary N) is 1. The molecule has 0 aromatic carbocycles. The molecular formula is C11H24N2O. The van der Waals surface area contributed by atoms with Gasteiger partial charge in [-0.25, -0.2) is 0 Å². The van der Waals surface area contributed by atoms with Crippen LogP contribution in [-0.2, 0) is 4.74 Å². The topological polar surface area (TPSA) is 47.3 Å². The van der Waals surface area contributed by atoms with Gasteiger partial charge in [0.25, 0.3) is 0 Å². The normalized spacial score (nSPS) is 27.9. The summed E-state index contributed by atoms with van der Waals surface area (Å²) in [5.41, 5.74) is 6.03. The van der Waals surface area contributed by atoms with E-state index in [4.69, 9.17) is 10.5 Å². The van der Waals surface area contributed by atoms with Gasteiger partial charge in [0.1, 0.15) is 0 Å². The second-order valence-electron chi connectivity index (χ2n) is 4.06.